The second-order valence-electron chi connectivity index (χ2n) is 5.10. The van der Waals surface area contributed by atoms with Crippen LogP contribution in [0.3, 0.4) is 0 Å². The van der Waals surface area contributed by atoms with Gasteiger partial charge >= 0.3 is 5.97 Å². The number of esters is 1. The number of benzene rings is 1. The number of amides is 1. The fourth-order valence-corrected chi connectivity index (χ4v) is 5.55. The van der Waals surface area contributed by atoms with Crippen molar-refractivity contribution in [1.82, 2.24) is 9.88 Å². The van der Waals surface area contributed by atoms with Crippen LogP contribution in [0.1, 0.15) is 0 Å². The van der Waals surface area contributed by atoms with Crippen LogP contribution in [-0.4, -0.2) is 58.7 Å². The largest absolute Gasteiger partial charge is 0.468 e. The molecule has 1 aliphatic heterocycles. The van der Waals surface area contributed by atoms with Crippen molar-refractivity contribution in [2.75, 3.05) is 31.7 Å². The Balaban J connectivity index is 1.59. The van der Waals surface area contributed by atoms with Gasteiger partial charge in [0.1, 0.15) is 5.25 Å². The molecule has 1 aromatic heterocycles. The van der Waals surface area contributed by atoms with Crippen LogP contribution in [0.5, 0.6) is 0 Å². The van der Waals surface area contributed by atoms with Gasteiger partial charge in [-0.1, -0.05) is 23.4 Å². The van der Waals surface area contributed by atoms with Crippen LogP contribution < -0.4 is 0 Å². The Morgan fingerprint density at radius 1 is 1.50 bits per heavy atom. The van der Waals surface area contributed by atoms with E-state index in [0.717, 1.165) is 20.3 Å². The van der Waals surface area contributed by atoms with Crippen LogP contribution in [0.15, 0.2) is 22.5 Å². The van der Waals surface area contributed by atoms with Gasteiger partial charge in [0, 0.05) is 23.9 Å². The molecule has 0 unspecified atom stereocenters. The Bertz CT molecular complexity index is 768. The maximum Gasteiger partial charge on any atom is 0.320 e. The maximum absolute atomic E-state index is 12.4. The number of aromatic nitrogens is 1. The van der Waals surface area contributed by atoms with Crippen molar-refractivity contribution >= 4 is 68.6 Å². The highest BCUT2D eigenvalue weighted by molar-refractivity contribution is 8.01. The molecule has 5 nitrogen and oxygen atoms in total. The molecule has 0 N–H and O–H groups in total. The number of ether oxygens (including phenoxy) is 1. The van der Waals surface area contributed by atoms with Crippen molar-refractivity contribution in [1.29, 1.82) is 0 Å². The lowest BCUT2D eigenvalue weighted by atomic mass is 10.3. The number of nitrogens with zero attached hydrogens (tertiary/aromatic N) is 2. The van der Waals surface area contributed by atoms with Crippen LogP contribution in [0, 0.1) is 0 Å². The SMILES string of the molecule is COC(=O)[C@@H]1CN(C(=O)CSc2nc3cc(Cl)ccc3s2)CCS1. The van der Waals surface area contributed by atoms with Gasteiger partial charge in [-0.15, -0.1) is 23.1 Å². The molecule has 1 amide bonds. The van der Waals surface area contributed by atoms with Gasteiger partial charge in [-0.25, -0.2) is 4.98 Å². The van der Waals surface area contributed by atoms with Crippen molar-refractivity contribution in [3.63, 3.8) is 0 Å². The van der Waals surface area contributed by atoms with E-state index in [2.05, 4.69) is 4.98 Å². The first kappa shape index (κ1) is 17.8. The first-order chi connectivity index (χ1) is 11.6. The molecule has 24 heavy (non-hydrogen) atoms. The van der Waals surface area contributed by atoms with Crippen molar-refractivity contribution in [2.45, 2.75) is 9.59 Å². The number of fused-ring (bicyclic) bond motifs is 1. The third-order valence-electron chi connectivity index (χ3n) is 3.53. The van der Waals surface area contributed by atoms with Gasteiger partial charge in [-0.2, -0.15) is 0 Å². The molecule has 0 spiro atoms. The number of carbonyl (C=O) groups excluding carboxylic acids is 2. The van der Waals surface area contributed by atoms with Crippen LogP contribution in [-0.2, 0) is 14.3 Å². The van der Waals surface area contributed by atoms with E-state index in [1.54, 1.807) is 16.2 Å². The molecule has 2 aromatic rings. The van der Waals surface area contributed by atoms with Gasteiger partial charge in [-0.3, -0.25) is 9.59 Å². The number of thiazole rings is 1. The number of hydrogen-bond acceptors (Lipinski definition) is 7. The molecule has 0 bridgehead atoms. The van der Waals surface area contributed by atoms with Crippen molar-refractivity contribution in [3.05, 3.63) is 23.2 Å². The smallest absolute Gasteiger partial charge is 0.320 e. The topological polar surface area (TPSA) is 59.5 Å². The van der Waals surface area contributed by atoms with E-state index in [0.29, 0.717) is 23.9 Å². The molecule has 0 aliphatic carbocycles. The minimum absolute atomic E-state index is 0.0199. The third kappa shape index (κ3) is 4.17. The van der Waals surface area contributed by atoms with Crippen LogP contribution in [0.2, 0.25) is 5.02 Å². The number of carbonyl (C=O) groups is 2. The Morgan fingerprint density at radius 3 is 3.12 bits per heavy atom. The van der Waals surface area contributed by atoms with Gasteiger partial charge in [0.05, 0.1) is 23.1 Å². The zero-order valence-corrected chi connectivity index (χ0v) is 16.1. The standard InChI is InChI=1S/C15H15ClN2O3S3/c1-21-14(20)12-7-18(4-5-22-12)13(19)8-23-15-17-10-6-9(16)2-3-11(10)24-15/h2-3,6,12H,4-5,7-8H2,1H3/t12-/m0/s1. The molecule has 0 saturated carbocycles. The number of rotatable bonds is 4. The predicted octanol–water partition coefficient (Wildman–Crippen LogP) is 3.16. The third-order valence-corrected chi connectivity index (χ3v) is 7.09. The summed E-state index contributed by atoms with van der Waals surface area (Å²) in [5, 5.41) is 0.363. The van der Waals surface area contributed by atoms with Gasteiger partial charge in [0.25, 0.3) is 0 Å². The van der Waals surface area contributed by atoms with Gasteiger partial charge < -0.3 is 9.64 Å². The summed E-state index contributed by atoms with van der Waals surface area (Å²) in [5.41, 5.74) is 0.850. The molecule has 1 saturated heterocycles. The summed E-state index contributed by atoms with van der Waals surface area (Å²) in [6, 6.07) is 5.59. The van der Waals surface area contributed by atoms with E-state index in [1.165, 1.54) is 30.6 Å². The van der Waals surface area contributed by atoms with E-state index in [-0.39, 0.29) is 17.1 Å². The summed E-state index contributed by atoms with van der Waals surface area (Å²) in [6.45, 7) is 1.07. The van der Waals surface area contributed by atoms with Crippen molar-refractivity contribution in [3.8, 4) is 0 Å². The average Bonchev–Trinajstić information content (AvgIpc) is 3.01. The highest BCUT2D eigenvalue weighted by Gasteiger charge is 2.29. The molecule has 2 heterocycles. The van der Waals surface area contributed by atoms with Crippen molar-refractivity contribution < 1.29 is 14.3 Å². The van der Waals surface area contributed by atoms with E-state index < -0.39 is 0 Å². The van der Waals surface area contributed by atoms with Gasteiger partial charge in [0.15, 0.2) is 4.34 Å². The molecular weight excluding hydrogens is 388 g/mol. The fraction of sp³-hybridized carbons (Fsp3) is 0.400. The Kier molecular flexibility index (Phi) is 5.91. The number of thioether (sulfide) groups is 2. The lowest BCUT2D eigenvalue weighted by Crippen LogP contribution is -2.45. The maximum atomic E-state index is 12.4. The average molecular weight is 403 g/mol. The molecule has 1 aliphatic rings. The minimum Gasteiger partial charge on any atom is -0.468 e. The number of halogens is 1. The first-order valence-corrected chi connectivity index (χ1v) is 10.5. The molecule has 9 heteroatoms. The summed E-state index contributed by atoms with van der Waals surface area (Å²) in [7, 11) is 1.37. The Hall–Kier alpha value is -0.960. The zero-order valence-electron chi connectivity index (χ0n) is 12.9. The fourth-order valence-electron chi connectivity index (χ4n) is 2.31. The zero-order chi connectivity index (χ0) is 17.1. The molecule has 3 rings (SSSR count). The monoisotopic (exact) mass is 402 g/mol. The summed E-state index contributed by atoms with van der Waals surface area (Å²) in [4.78, 5) is 30.3. The molecule has 1 atom stereocenters. The summed E-state index contributed by atoms with van der Waals surface area (Å²) in [6.07, 6.45) is 0. The lowest BCUT2D eigenvalue weighted by molar-refractivity contribution is -0.141. The van der Waals surface area contributed by atoms with Crippen molar-refractivity contribution in [2.24, 2.45) is 0 Å². The normalized spacial score (nSPS) is 17.9. The minimum atomic E-state index is -0.290. The van der Waals surface area contributed by atoms with Crippen LogP contribution in [0.25, 0.3) is 10.2 Å². The number of methoxy groups -OCH3 is 1. The van der Waals surface area contributed by atoms with E-state index in [4.69, 9.17) is 16.3 Å². The summed E-state index contributed by atoms with van der Waals surface area (Å²) >= 11 is 10.5. The quantitative estimate of drug-likeness (QED) is 0.578. The number of hydrogen-bond donors (Lipinski definition) is 0. The van der Waals surface area contributed by atoms with Crippen LogP contribution >= 0.6 is 46.5 Å². The van der Waals surface area contributed by atoms with E-state index in [9.17, 15) is 9.59 Å². The predicted molar refractivity (Wildman–Crippen MR) is 100 cm³/mol. The Labute approximate surface area is 157 Å². The van der Waals surface area contributed by atoms with Crippen LogP contribution in [0.4, 0.5) is 0 Å². The highest BCUT2D eigenvalue weighted by atomic mass is 35.5. The first-order valence-electron chi connectivity index (χ1n) is 7.23. The second-order valence-corrected chi connectivity index (χ2v) is 9.10. The summed E-state index contributed by atoms with van der Waals surface area (Å²) < 4.78 is 6.66. The second kappa shape index (κ2) is 7.95. The Morgan fingerprint density at radius 2 is 2.33 bits per heavy atom. The summed E-state index contributed by atoms with van der Waals surface area (Å²) in [5.74, 6) is 0.807. The van der Waals surface area contributed by atoms with E-state index >= 15 is 0 Å². The van der Waals surface area contributed by atoms with E-state index in [1.807, 2.05) is 18.2 Å². The molecule has 1 fully saturated rings. The lowest BCUT2D eigenvalue weighted by Gasteiger charge is -2.30. The molecule has 0 radical (unpaired) electrons. The van der Waals surface area contributed by atoms with Gasteiger partial charge in [0.2, 0.25) is 5.91 Å². The van der Waals surface area contributed by atoms with Gasteiger partial charge in [-0.05, 0) is 18.2 Å². The molecule has 128 valence electrons. The molecular formula is C15H15ClN2O3S3. The highest BCUT2D eigenvalue weighted by Crippen LogP contribution is 2.31. The molecule has 1 aromatic carbocycles.